The van der Waals surface area contributed by atoms with Crippen LogP contribution < -0.4 is 0 Å². The molecular weight excluding hydrogens is 213 g/mol. The molecule has 0 aliphatic carbocycles. The summed E-state index contributed by atoms with van der Waals surface area (Å²) in [7, 11) is 1.00. The van der Waals surface area contributed by atoms with Gasteiger partial charge in [0.1, 0.15) is 0 Å². The third-order valence-electron chi connectivity index (χ3n) is 0. The van der Waals surface area contributed by atoms with Gasteiger partial charge in [-0.2, -0.15) is 0 Å². The van der Waals surface area contributed by atoms with Gasteiger partial charge in [0.05, 0.1) is 0 Å². The number of aliphatic hydroxyl groups excluding tert-OH is 1. The summed E-state index contributed by atoms with van der Waals surface area (Å²) in [6, 6.07) is 0. The van der Waals surface area contributed by atoms with E-state index in [1.54, 1.807) is 0 Å². The number of rotatable bonds is 0. The second-order valence-electron chi connectivity index (χ2n) is 0. The van der Waals surface area contributed by atoms with Crippen molar-refractivity contribution in [3.05, 3.63) is 0 Å². The first kappa shape index (κ1) is 16.3. The quantitative estimate of drug-likeness (QED) is 0.542. The van der Waals surface area contributed by atoms with Gasteiger partial charge in [-0.1, -0.05) is 0 Å². The Morgan fingerprint density at radius 1 is 1.50 bits per heavy atom. The van der Waals surface area contributed by atoms with Crippen molar-refractivity contribution < 1.29 is 29.7 Å². The maximum Gasteiger partial charge on any atom is 2.00 e. The smallest absolute Gasteiger partial charge is 1.00 e. The van der Waals surface area contributed by atoms with Crippen molar-refractivity contribution >= 4 is 48.9 Å². The van der Waals surface area contributed by atoms with Crippen LogP contribution in [-0.2, 0) is 21.7 Å². The first-order chi connectivity index (χ1) is 1.00. The molecule has 3 heteroatoms. The molecule has 1 N–H and O–H groups in total. The molecule has 0 atom stereocenters. The fourth-order valence-corrected chi connectivity index (χ4v) is 0. The molecule has 0 aliphatic heterocycles. The van der Waals surface area contributed by atoms with E-state index in [0.717, 1.165) is 7.11 Å². The zero-order valence-electron chi connectivity index (χ0n) is 4.65. The summed E-state index contributed by atoms with van der Waals surface area (Å²) in [5, 5.41) is 7.00. The molecule has 0 fully saturated rings. The molecule has 22 valence electrons. The van der Waals surface area contributed by atoms with E-state index in [1.807, 2.05) is 0 Å². The van der Waals surface area contributed by atoms with Crippen molar-refractivity contribution in [2.75, 3.05) is 7.11 Å². The maximum absolute atomic E-state index is 7.00. The third kappa shape index (κ3) is 8.87. The second-order valence-corrected chi connectivity index (χ2v) is 0. The van der Waals surface area contributed by atoms with Crippen molar-refractivity contribution in [1.82, 2.24) is 0 Å². The van der Waals surface area contributed by atoms with Crippen molar-refractivity contribution in [2.45, 2.75) is 0 Å². The molecule has 0 spiro atoms. The molecule has 4 heavy (non-hydrogen) atoms. The Bertz CT molecular complexity index is 13.5. The summed E-state index contributed by atoms with van der Waals surface area (Å²) >= 11 is 0. The predicted molar refractivity (Wildman–Crippen MR) is 16.1 cm³/mol. The Labute approximate surface area is 84.1 Å². The molecule has 0 saturated carbocycles. The molecule has 0 aromatic heterocycles. The minimum Gasteiger partial charge on any atom is -1.00 e. The molecule has 0 rings (SSSR count). The van der Waals surface area contributed by atoms with Crippen LogP contribution in [-0.4, -0.2) is 61.1 Å². The maximum atomic E-state index is 7.00. The van der Waals surface area contributed by atoms with Crippen LogP contribution in [0.1, 0.15) is 2.85 Å². The van der Waals surface area contributed by atoms with E-state index in [2.05, 4.69) is 0 Å². The number of aliphatic hydroxyl groups is 1. The summed E-state index contributed by atoms with van der Waals surface area (Å²) in [6.45, 7) is 0. The largest absolute Gasteiger partial charge is 2.00 e. The Kier molecular flexibility index (Phi) is 76.5. The third-order valence-corrected chi connectivity index (χ3v) is 0. The normalized spacial score (nSPS) is 1.50. The molecule has 0 aromatic rings. The molecule has 0 unspecified atom stereocenters. The van der Waals surface area contributed by atoms with E-state index < -0.39 is 0 Å². The van der Waals surface area contributed by atoms with Crippen LogP contribution in [0, 0.1) is 0 Å². The molecular formula is CH6BaOTi. The number of hydrogen-bond donors (Lipinski definition) is 1. The summed E-state index contributed by atoms with van der Waals surface area (Å²) in [5.74, 6) is 0. The van der Waals surface area contributed by atoms with Crippen molar-refractivity contribution in [1.29, 1.82) is 0 Å². The van der Waals surface area contributed by atoms with Crippen molar-refractivity contribution in [3.63, 3.8) is 0 Å². The molecule has 0 radical (unpaired) electrons. The minimum absolute atomic E-state index is 0. The molecule has 0 bridgehead atoms. The van der Waals surface area contributed by atoms with Gasteiger partial charge in [0.15, 0.2) is 0 Å². The summed E-state index contributed by atoms with van der Waals surface area (Å²) in [5.41, 5.74) is 0. The van der Waals surface area contributed by atoms with Gasteiger partial charge in [-0.05, 0) is 0 Å². The SMILES string of the molecule is CO.[Ba+2].[H-].[H-].[Ti]. The molecule has 0 saturated heterocycles. The van der Waals surface area contributed by atoms with Crippen LogP contribution in [0.25, 0.3) is 0 Å². The average Bonchev–Trinajstić information content (AvgIpc) is 1.00. The van der Waals surface area contributed by atoms with Gasteiger partial charge in [0, 0.05) is 28.8 Å². The van der Waals surface area contributed by atoms with Crippen molar-refractivity contribution in [2.24, 2.45) is 0 Å². The van der Waals surface area contributed by atoms with E-state index >= 15 is 0 Å². The summed E-state index contributed by atoms with van der Waals surface area (Å²) < 4.78 is 0. The van der Waals surface area contributed by atoms with Gasteiger partial charge in [0.2, 0.25) is 0 Å². The van der Waals surface area contributed by atoms with Crippen molar-refractivity contribution in [3.8, 4) is 0 Å². The van der Waals surface area contributed by atoms with Crippen LogP contribution in [0.3, 0.4) is 0 Å². The first-order valence-electron chi connectivity index (χ1n) is 0.447. The zero-order valence-corrected chi connectivity index (χ0v) is 8.66. The van der Waals surface area contributed by atoms with Gasteiger partial charge < -0.3 is 7.96 Å². The van der Waals surface area contributed by atoms with Gasteiger partial charge >= 0.3 is 48.9 Å². The average molecular weight is 219 g/mol. The first-order valence-corrected chi connectivity index (χ1v) is 0.447. The monoisotopic (exact) mass is 220 g/mol. The fraction of sp³-hybridized carbons (Fsp3) is 1.00. The topological polar surface area (TPSA) is 20.2 Å². The van der Waals surface area contributed by atoms with Crippen LogP contribution in [0.2, 0.25) is 0 Å². The molecule has 0 aliphatic rings. The van der Waals surface area contributed by atoms with Crippen LogP contribution in [0.4, 0.5) is 0 Å². The van der Waals surface area contributed by atoms with Gasteiger partial charge in [-0.3, -0.25) is 0 Å². The van der Waals surface area contributed by atoms with E-state index in [9.17, 15) is 0 Å². The Morgan fingerprint density at radius 3 is 1.50 bits per heavy atom. The molecule has 1 nitrogen and oxygen atoms in total. The summed E-state index contributed by atoms with van der Waals surface area (Å²) in [4.78, 5) is 0. The molecule has 0 aromatic carbocycles. The second kappa shape index (κ2) is 18.7. The Hall–Kier alpha value is 2.25. The van der Waals surface area contributed by atoms with Gasteiger partial charge in [0.25, 0.3) is 0 Å². The Balaban J connectivity index is -0.000000000833. The molecule has 0 heterocycles. The Morgan fingerprint density at radius 2 is 1.50 bits per heavy atom. The number of hydrogen-bond acceptors (Lipinski definition) is 1. The molecule has 0 amide bonds. The van der Waals surface area contributed by atoms with Crippen LogP contribution in [0.15, 0.2) is 0 Å². The van der Waals surface area contributed by atoms with E-state index in [4.69, 9.17) is 5.11 Å². The van der Waals surface area contributed by atoms with Gasteiger partial charge in [-0.25, -0.2) is 0 Å². The zero-order chi connectivity index (χ0) is 2.00. The predicted octanol–water partition coefficient (Wildman–Crippen LogP) is -0.550. The van der Waals surface area contributed by atoms with Crippen LogP contribution >= 0.6 is 0 Å². The van der Waals surface area contributed by atoms with E-state index in [1.165, 1.54) is 0 Å². The minimum atomic E-state index is 0. The van der Waals surface area contributed by atoms with E-state index in [-0.39, 0.29) is 73.5 Å². The van der Waals surface area contributed by atoms with Crippen LogP contribution in [0.5, 0.6) is 0 Å². The van der Waals surface area contributed by atoms with E-state index in [0.29, 0.717) is 0 Å². The van der Waals surface area contributed by atoms with Gasteiger partial charge in [-0.15, -0.1) is 0 Å². The summed E-state index contributed by atoms with van der Waals surface area (Å²) in [6.07, 6.45) is 0. The standard InChI is InChI=1S/CH4O.Ba.Ti.2H/c1-2;;;;/h2H,1H3;;;;/q;+2;;2*-1. The fourth-order valence-electron chi connectivity index (χ4n) is 0.